The lowest BCUT2D eigenvalue weighted by Gasteiger charge is -2.18. The van der Waals surface area contributed by atoms with Gasteiger partial charge in [0, 0.05) is 0 Å². The number of hydrogen-bond acceptors (Lipinski definition) is 1. The smallest absolute Gasteiger partial charge is 0.0775 e. The molecule has 0 unspecified atom stereocenters. The second kappa shape index (κ2) is 6.71. The molecule has 0 heterocycles. The molecule has 0 saturated heterocycles. The maximum absolute atomic E-state index is 6.09. The van der Waals surface area contributed by atoms with E-state index in [2.05, 4.69) is 43.9 Å². The van der Waals surface area contributed by atoms with Gasteiger partial charge in [0.1, 0.15) is 0 Å². The van der Waals surface area contributed by atoms with Crippen molar-refractivity contribution < 1.29 is 4.74 Å². The highest BCUT2D eigenvalue weighted by molar-refractivity contribution is 6.88. The van der Waals surface area contributed by atoms with Gasteiger partial charge in [0.15, 0.2) is 0 Å². The lowest BCUT2D eigenvalue weighted by molar-refractivity contribution is 0.0310. The molecule has 0 aliphatic heterocycles. The van der Waals surface area contributed by atoms with E-state index in [-0.39, 0.29) is 0 Å². The summed E-state index contributed by atoms with van der Waals surface area (Å²) in [6.45, 7) is 7.97. The van der Waals surface area contributed by atoms with Crippen molar-refractivity contribution in [3.8, 4) is 0 Å². The molecule has 1 fully saturated rings. The highest BCUT2D eigenvalue weighted by Crippen LogP contribution is 2.20. The predicted molar refractivity (Wildman–Crippen MR) is 85.7 cm³/mol. The van der Waals surface area contributed by atoms with Crippen LogP contribution in [0.1, 0.15) is 44.1 Å². The summed E-state index contributed by atoms with van der Waals surface area (Å²) < 4.78 is 6.09. The van der Waals surface area contributed by atoms with Gasteiger partial charge in [-0.15, -0.1) is 0 Å². The minimum Gasteiger partial charge on any atom is -0.374 e. The molecule has 0 amide bonds. The van der Waals surface area contributed by atoms with Crippen molar-refractivity contribution in [1.82, 2.24) is 0 Å². The van der Waals surface area contributed by atoms with E-state index < -0.39 is 8.07 Å². The third kappa shape index (κ3) is 4.77. The quantitative estimate of drug-likeness (QED) is 0.582. The van der Waals surface area contributed by atoms with Crippen LogP contribution in [0.5, 0.6) is 0 Å². The molecular weight excluding hydrogens is 248 g/mol. The van der Waals surface area contributed by atoms with Crippen molar-refractivity contribution in [3.63, 3.8) is 0 Å². The van der Waals surface area contributed by atoms with Crippen molar-refractivity contribution in [2.75, 3.05) is 0 Å². The fourth-order valence-corrected chi connectivity index (χ4v) is 3.89. The van der Waals surface area contributed by atoms with Crippen molar-refractivity contribution in [2.45, 2.75) is 70.9 Å². The monoisotopic (exact) mass is 276 g/mol. The van der Waals surface area contributed by atoms with Crippen LogP contribution in [0, 0.1) is 0 Å². The number of ether oxygens (including phenoxy) is 1. The zero-order chi connectivity index (χ0) is 13.7. The van der Waals surface area contributed by atoms with Gasteiger partial charge < -0.3 is 4.74 Å². The molecule has 2 heteroatoms. The van der Waals surface area contributed by atoms with E-state index >= 15 is 0 Å². The summed E-state index contributed by atoms with van der Waals surface area (Å²) in [5.74, 6) is 0. The largest absolute Gasteiger partial charge is 0.374 e. The maximum atomic E-state index is 6.09. The van der Waals surface area contributed by atoms with E-state index in [0.717, 1.165) is 6.61 Å². The van der Waals surface area contributed by atoms with E-state index in [4.69, 9.17) is 4.74 Å². The molecule has 0 N–H and O–H groups in total. The molecule has 0 bridgehead atoms. The average molecular weight is 276 g/mol. The SMILES string of the molecule is C[Si](C)(C)c1ccc(COC2CCCCCC2)cc1. The first-order chi connectivity index (χ1) is 9.05. The first kappa shape index (κ1) is 14.8. The fourth-order valence-electron chi connectivity index (χ4n) is 2.72. The third-order valence-electron chi connectivity index (χ3n) is 4.11. The summed E-state index contributed by atoms with van der Waals surface area (Å²) in [6.07, 6.45) is 8.49. The summed E-state index contributed by atoms with van der Waals surface area (Å²) in [5.41, 5.74) is 1.33. The van der Waals surface area contributed by atoms with E-state index in [9.17, 15) is 0 Å². The van der Waals surface area contributed by atoms with Crippen LogP contribution in [0.3, 0.4) is 0 Å². The molecule has 1 aliphatic rings. The normalized spacial score (nSPS) is 18.3. The van der Waals surface area contributed by atoms with E-state index in [0.29, 0.717) is 6.10 Å². The lowest BCUT2D eigenvalue weighted by Crippen LogP contribution is -2.37. The second-order valence-corrected chi connectivity index (χ2v) is 11.9. The molecule has 1 aromatic rings. The molecule has 1 nitrogen and oxygen atoms in total. The average Bonchev–Trinajstić information content (AvgIpc) is 2.64. The molecule has 19 heavy (non-hydrogen) atoms. The Kier molecular flexibility index (Phi) is 5.23. The minimum atomic E-state index is -1.16. The first-order valence-corrected chi connectivity index (χ1v) is 11.3. The van der Waals surface area contributed by atoms with Crippen LogP contribution in [-0.4, -0.2) is 14.2 Å². The van der Waals surface area contributed by atoms with Gasteiger partial charge in [-0.1, -0.05) is 74.8 Å². The van der Waals surface area contributed by atoms with Crippen LogP contribution in [0.4, 0.5) is 0 Å². The highest BCUT2D eigenvalue weighted by Gasteiger charge is 2.16. The summed E-state index contributed by atoms with van der Waals surface area (Å²) in [5, 5.41) is 1.53. The molecular formula is C17H28OSi. The maximum Gasteiger partial charge on any atom is 0.0775 e. The first-order valence-electron chi connectivity index (χ1n) is 7.77. The van der Waals surface area contributed by atoms with E-state index in [1.807, 2.05) is 0 Å². The molecule has 1 aromatic carbocycles. The minimum absolute atomic E-state index is 0.499. The van der Waals surface area contributed by atoms with Gasteiger partial charge in [0.2, 0.25) is 0 Å². The van der Waals surface area contributed by atoms with Crippen LogP contribution >= 0.6 is 0 Å². The molecule has 0 spiro atoms. The zero-order valence-electron chi connectivity index (χ0n) is 12.7. The van der Waals surface area contributed by atoms with Gasteiger partial charge >= 0.3 is 0 Å². The molecule has 106 valence electrons. The van der Waals surface area contributed by atoms with Crippen LogP contribution < -0.4 is 5.19 Å². The molecule has 0 atom stereocenters. The Morgan fingerprint density at radius 2 is 1.53 bits per heavy atom. The van der Waals surface area contributed by atoms with Crippen molar-refractivity contribution in [3.05, 3.63) is 29.8 Å². The van der Waals surface area contributed by atoms with Crippen molar-refractivity contribution >= 4 is 13.3 Å². The van der Waals surface area contributed by atoms with Gasteiger partial charge in [0.25, 0.3) is 0 Å². The Balaban J connectivity index is 1.85. The van der Waals surface area contributed by atoms with Gasteiger partial charge in [-0.2, -0.15) is 0 Å². The lowest BCUT2D eigenvalue weighted by atomic mass is 10.1. The highest BCUT2D eigenvalue weighted by atomic mass is 28.3. The van der Waals surface area contributed by atoms with E-state index in [1.54, 1.807) is 0 Å². The van der Waals surface area contributed by atoms with Crippen LogP contribution in [0.15, 0.2) is 24.3 Å². The molecule has 0 aromatic heterocycles. The Morgan fingerprint density at radius 3 is 2.05 bits per heavy atom. The molecule has 1 saturated carbocycles. The molecule has 0 radical (unpaired) electrons. The second-order valence-electron chi connectivity index (χ2n) is 6.87. The molecule has 2 rings (SSSR count). The third-order valence-corrected chi connectivity index (χ3v) is 6.17. The Hall–Kier alpha value is -0.603. The van der Waals surface area contributed by atoms with Crippen LogP contribution in [-0.2, 0) is 11.3 Å². The predicted octanol–water partition coefficient (Wildman–Crippen LogP) is 4.47. The number of hydrogen-bond donors (Lipinski definition) is 0. The summed E-state index contributed by atoms with van der Waals surface area (Å²) in [4.78, 5) is 0. The summed E-state index contributed by atoms with van der Waals surface area (Å²) >= 11 is 0. The van der Waals surface area contributed by atoms with Crippen LogP contribution in [0.25, 0.3) is 0 Å². The standard InChI is InChI=1S/C17H28OSi/c1-19(2,3)17-12-10-15(11-13-17)14-18-16-8-6-4-5-7-9-16/h10-13,16H,4-9,14H2,1-3H3. The van der Waals surface area contributed by atoms with Gasteiger partial charge in [0.05, 0.1) is 20.8 Å². The van der Waals surface area contributed by atoms with Crippen LogP contribution in [0.2, 0.25) is 19.6 Å². The number of benzene rings is 1. The van der Waals surface area contributed by atoms with Crippen molar-refractivity contribution in [2.24, 2.45) is 0 Å². The van der Waals surface area contributed by atoms with Gasteiger partial charge in [-0.05, 0) is 18.4 Å². The fraction of sp³-hybridized carbons (Fsp3) is 0.647. The van der Waals surface area contributed by atoms with Crippen molar-refractivity contribution in [1.29, 1.82) is 0 Å². The number of rotatable bonds is 4. The van der Waals surface area contributed by atoms with E-state index in [1.165, 1.54) is 49.3 Å². The zero-order valence-corrected chi connectivity index (χ0v) is 13.7. The van der Waals surface area contributed by atoms with Gasteiger partial charge in [-0.3, -0.25) is 0 Å². The van der Waals surface area contributed by atoms with Gasteiger partial charge in [-0.25, -0.2) is 0 Å². The Bertz CT molecular complexity index is 369. The summed E-state index contributed by atoms with van der Waals surface area (Å²) in [6, 6.07) is 9.12. The summed E-state index contributed by atoms with van der Waals surface area (Å²) in [7, 11) is -1.16. The Labute approximate surface area is 119 Å². The molecule has 1 aliphatic carbocycles. The Morgan fingerprint density at radius 1 is 0.947 bits per heavy atom. The topological polar surface area (TPSA) is 9.23 Å².